The number of aromatic nitrogens is 3. The smallest absolute Gasteiger partial charge is 0.239 e. The summed E-state index contributed by atoms with van der Waals surface area (Å²) < 4.78 is 5.62. The van der Waals surface area contributed by atoms with E-state index in [1.807, 2.05) is 6.92 Å². The quantitative estimate of drug-likeness (QED) is 0.581. The van der Waals surface area contributed by atoms with E-state index in [9.17, 15) is 9.59 Å². The number of nitrogens with one attached hydrogen (secondary N) is 1. The number of thioether (sulfide) groups is 1. The summed E-state index contributed by atoms with van der Waals surface area (Å²) in [6.07, 6.45) is 2.62. The van der Waals surface area contributed by atoms with Crippen LogP contribution in [0.5, 0.6) is 0 Å². The number of aryl methyl sites for hydroxylation is 1. The van der Waals surface area contributed by atoms with Crippen LogP contribution in [0.15, 0.2) is 14.9 Å². The van der Waals surface area contributed by atoms with Crippen molar-refractivity contribution < 1.29 is 14.1 Å². The molecule has 1 fully saturated rings. The van der Waals surface area contributed by atoms with Crippen LogP contribution in [0.2, 0.25) is 0 Å². The first-order valence-corrected chi connectivity index (χ1v) is 9.71. The molecular formula is C15H19N5O3S2. The van der Waals surface area contributed by atoms with Gasteiger partial charge in [0, 0.05) is 19.0 Å². The molecule has 8 nitrogen and oxygen atoms in total. The number of carbonyl (C=O) groups excluding carboxylic acids is 2. The SMILES string of the molecule is CCC(Sc1nnc(N(C(C)=O)C2CC2)s1)C(=O)Nc1cc(C)on1. The molecule has 1 atom stereocenters. The molecular weight excluding hydrogens is 362 g/mol. The molecule has 25 heavy (non-hydrogen) atoms. The second-order valence-electron chi connectivity index (χ2n) is 5.80. The largest absolute Gasteiger partial charge is 0.360 e. The second-order valence-corrected chi connectivity index (χ2v) is 8.20. The number of hydrogen-bond donors (Lipinski definition) is 1. The molecule has 2 aromatic rings. The first-order chi connectivity index (χ1) is 12.0. The zero-order chi connectivity index (χ0) is 18.0. The maximum Gasteiger partial charge on any atom is 0.239 e. The van der Waals surface area contributed by atoms with Crippen LogP contribution in [0.4, 0.5) is 10.9 Å². The van der Waals surface area contributed by atoms with Gasteiger partial charge in [-0.3, -0.25) is 14.5 Å². The summed E-state index contributed by atoms with van der Waals surface area (Å²) in [4.78, 5) is 25.9. The van der Waals surface area contributed by atoms with E-state index in [-0.39, 0.29) is 23.1 Å². The Bertz CT molecular complexity index is 771. The van der Waals surface area contributed by atoms with Crippen molar-refractivity contribution in [2.45, 2.75) is 55.7 Å². The van der Waals surface area contributed by atoms with Gasteiger partial charge in [0.2, 0.25) is 16.9 Å². The molecule has 0 bridgehead atoms. The molecule has 3 rings (SSSR count). The van der Waals surface area contributed by atoms with Gasteiger partial charge >= 0.3 is 0 Å². The third kappa shape index (κ3) is 4.37. The topological polar surface area (TPSA) is 101 Å². The van der Waals surface area contributed by atoms with Crippen molar-refractivity contribution in [1.29, 1.82) is 0 Å². The highest BCUT2D eigenvalue weighted by molar-refractivity contribution is 8.02. The Labute approximate surface area is 153 Å². The van der Waals surface area contributed by atoms with Crippen LogP contribution in [-0.4, -0.2) is 38.5 Å². The minimum absolute atomic E-state index is 0.0265. The van der Waals surface area contributed by atoms with Gasteiger partial charge in [-0.1, -0.05) is 35.2 Å². The van der Waals surface area contributed by atoms with Gasteiger partial charge in [0.1, 0.15) is 5.76 Å². The van der Waals surface area contributed by atoms with Crippen molar-refractivity contribution >= 4 is 45.9 Å². The molecule has 1 aliphatic carbocycles. The van der Waals surface area contributed by atoms with E-state index in [0.717, 1.165) is 12.8 Å². The lowest BCUT2D eigenvalue weighted by Crippen LogP contribution is -2.30. The Kier molecular flexibility index (Phi) is 5.38. The zero-order valence-electron chi connectivity index (χ0n) is 14.2. The average molecular weight is 381 g/mol. The van der Waals surface area contributed by atoms with E-state index in [1.54, 1.807) is 17.9 Å². The second kappa shape index (κ2) is 7.52. The lowest BCUT2D eigenvalue weighted by molar-refractivity contribution is -0.117. The van der Waals surface area contributed by atoms with Crippen molar-refractivity contribution in [3.8, 4) is 0 Å². The molecule has 0 saturated heterocycles. The Morgan fingerprint density at radius 3 is 2.80 bits per heavy atom. The lowest BCUT2D eigenvalue weighted by Gasteiger charge is -2.15. The number of anilines is 2. The summed E-state index contributed by atoms with van der Waals surface area (Å²) in [7, 11) is 0. The highest BCUT2D eigenvalue weighted by atomic mass is 32.2. The highest BCUT2D eigenvalue weighted by Crippen LogP contribution is 2.37. The monoisotopic (exact) mass is 381 g/mol. The average Bonchev–Trinajstić information content (AvgIpc) is 3.13. The molecule has 0 aliphatic heterocycles. The molecule has 2 aromatic heterocycles. The van der Waals surface area contributed by atoms with Crippen molar-refractivity contribution in [3.05, 3.63) is 11.8 Å². The molecule has 0 radical (unpaired) electrons. The summed E-state index contributed by atoms with van der Waals surface area (Å²) >= 11 is 2.68. The van der Waals surface area contributed by atoms with E-state index in [0.29, 0.717) is 27.5 Å². The fraction of sp³-hybridized carbons (Fsp3) is 0.533. The molecule has 2 amide bonds. The van der Waals surface area contributed by atoms with Crippen molar-refractivity contribution in [2.24, 2.45) is 0 Å². The lowest BCUT2D eigenvalue weighted by atomic mass is 10.3. The molecule has 10 heteroatoms. The molecule has 0 aromatic carbocycles. The van der Waals surface area contributed by atoms with Crippen LogP contribution in [0.1, 0.15) is 38.9 Å². The van der Waals surface area contributed by atoms with E-state index in [2.05, 4.69) is 20.7 Å². The Hall–Kier alpha value is -1.94. The Morgan fingerprint density at radius 2 is 2.24 bits per heavy atom. The van der Waals surface area contributed by atoms with Crippen LogP contribution in [0.25, 0.3) is 0 Å². The number of carbonyl (C=O) groups is 2. The van der Waals surface area contributed by atoms with Crippen molar-refractivity contribution in [2.75, 3.05) is 10.2 Å². The Morgan fingerprint density at radius 1 is 1.48 bits per heavy atom. The van der Waals surface area contributed by atoms with Gasteiger partial charge in [-0.25, -0.2) is 0 Å². The predicted octanol–water partition coefficient (Wildman–Crippen LogP) is 2.86. The number of amides is 2. The third-order valence-electron chi connectivity index (χ3n) is 3.64. The molecule has 2 heterocycles. The maximum atomic E-state index is 12.4. The summed E-state index contributed by atoms with van der Waals surface area (Å²) in [6, 6.07) is 1.91. The molecule has 0 spiro atoms. The first-order valence-electron chi connectivity index (χ1n) is 8.02. The van der Waals surface area contributed by atoms with Crippen LogP contribution in [0.3, 0.4) is 0 Å². The van der Waals surface area contributed by atoms with Gasteiger partial charge in [-0.2, -0.15) is 0 Å². The number of nitrogens with zero attached hydrogens (tertiary/aromatic N) is 4. The zero-order valence-corrected chi connectivity index (χ0v) is 15.8. The summed E-state index contributed by atoms with van der Waals surface area (Å²) in [5.74, 6) is 0.842. The number of hydrogen-bond acceptors (Lipinski definition) is 8. The summed E-state index contributed by atoms with van der Waals surface area (Å²) in [5.41, 5.74) is 0. The van der Waals surface area contributed by atoms with Crippen LogP contribution in [-0.2, 0) is 9.59 Å². The van der Waals surface area contributed by atoms with Gasteiger partial charge in [0.25, 0.3) is 0 Å². The van der Waals surface area contributed by atoms with Crippen LogP contribution < -0.4 is 10.2 Å². The maximum absolute atomic E-state index is 12.4. The minimum Gasteiger partial charge on any atom is -0.360 e. The van der Waals surface area contributed by atoms with E-state index >= 15 is 0 Å². The van der Waals surface area contributed by atoms with E-state index < -0.39 is 0 Å². The standard InChI is InChI=1S/C15H19N5O3S2/c1-4-11(13(22)16-12-7-8(2)23-19-12)24-15-18-17-14(25-15)20(9(3)21)10-5-6-10/h7,10-11H,4-6H2,1-3H3,(H,16,19,22). The molecule has 134 valence electrons. The van der Waals surface area contributed by atoms with Crippen LogP contribution in [0, 0.1) is 6.92 Å². The van der Waals surface area contributed by atoms with Gasteiger partial charge in [0.15, 0.2) is 10.2 Å². The fourth-order valence-corrected chi connectivity index (χ4v) is 4.43. The fourth-order valence-electron chi connectivity index (χ4n) is 2.30. The third-order valence-corrected chi connectivity index (χ3v) is 6.01. The molecule has 1 unspecified atom stereocenters. The summed E-state index contributed by atoms with van der Waals surface area (Å²) in [6.45, 7) is 5.23. The van der Waals surface area contributed by atoms with Gasteiger partial charge in [0.05, 0.1) is 5.25 Å². The molecule has 1 aliphatic rings. The van der Waals surface area contributed by atoms with Gasteiger partial charge < -0.3 is 9.84 Å². The minimum atomic E-state index is -0.329. The molecule has 1 saturated carbocycles. The first kappa shape index (κ1) is 17.9. The number of rotatable bonds is 7. The van der Waals surface area contributed by atoms with E-state index in [4.69, 9.17) is 4.52 Å². The van der Waals surface area contributed by atoms with Crippen LogP contribution >= 0.6 is 23.1 Å². The molecule has 1 N–H and O–H groups in total. The van der Waals surface area contributed by atoms with Gasteiger partial charge in [-0.05, 0) is 26.2 Å². The van der Waals surface area contributed by atoms with E-state index in [1.165, 1.54) is 30.0 Å². The normalized spacial score (nSPS) is 15.0. The highest BCUT2D eigenvalue weighted by Gasteiger charge is 2.34. The van der Waals surface area contributed by atoms with Crippen molar-refractivity contribution in [3.63, 3.8) is 0 Å². The Balaban J connectivity index is 1.65. The summed E-state index contributed by atoms with van der Waals surface area (Å²) in [5, 5.41) is 15.0. The van der Waals surface area contributed by atoms with Crippen molar-refractivity contribution in [1.82, 2.24) is 15.4 Å². The predicted molar refractivity (Wildman–Crippen MR) is 95.9 cm³/mol. The van der Waals surface area contributed by atoms with Gasteiger partial charge in [-0.15, -0.1) is 10.2 Å².